The summed E-state index contributed by atoms with van der Waals surface area (Å²) in [7, 11) is 4.71. The van der Waals surface area contributed by atoms with Crippen molar-refractivity contribution in [2.24, 2.45) is 0 Å². The number of benzene rings is 1. The highest BCUT2D eigenvalue weighted by atomic mass is 16.6. The predicted octanol–water partition coefficient (Wildman–Crippen LogP) is 3.64. The summed E-state index contributed by atoms with van der Waals surface area (Å²) in [5.74, 6) is 2.38. The third-order valence-electron chi connectivity index (χ3n) is 3.59. The fourth-order valence-electron chi connectivity index (χ4n) is 2.44. The van der Waals surface area contributed by atoms with Gasteiger partial charge < -0.3 is 28.1 Å². The van der Waals surface area contributed by atoms with Crippen LogP contribution in [0.5, 0.6) is 23.0 Å². The highest BCUT2D eigenvalue weighted by Gasteiger charge is 2.13. The third kappa shape index (κ3) is 6.06. The van der Waals surface area contributed by atoms with Gasteiger partial charge in [0.15, 0.2) is 11.5 Å². The van der Waals surface area contributed by atoms with Gasteiger partial charge >= 0.3 is 5.63 Å². The Morgan fingerprint density at radius 3 is 2.21 bits per heavy atom. The minimum absolute atomic E-state index is 0.0437. The van der Waals surface area contributed by atoms with E-state index in [2.05, 4.69) is 0 Å². The van der Waals surface area contributed by atoms with Gasteiger partial charge in [0.05, 0.1) is 33.0 Å². The Morgan fingerprint density at radius 2 is 1.64 bits per heavy atom. The van der Waals surface area contributed by atoms with E-state index < -0.39 is 5.63 Å². The molecule has 1 aromatic heterocycles. The molecule has 2 aromatic rings. The lowest BCUT2D eigenvalue weighted by Crippen LogP contribution is -2.08. The third-order valence-corrected chi connectivity index (χ3v) is 3.59. The van der Waals surface area contributed by atoms with E-state index in [0.29, 0.717) is 42.0 Å². The quantitative estimate of drug-likeness (QED) is 0.573. The van der Waals surface area contributed by atoms with Crippen LogP contribution in [0.3, 0.4) is 0 Å². The van der Waals surface area contributed by atoms with E-state index in [1.54, 1.807) is 51.7 Å². The topological polar surface area (TPSA) is 76.4 Å². The van der Waals surface area contributed by atoms with E-state index in [1.807, 2.05) is 13.8 Å². The summed E-state index contributed by atoms with van der Waals surface area (Å²) in [4.78, 5) is 11.7. The molecule has 0 bridgehead atoms. The van der Waals surface area contributed by atoms with Gasteiger partial charge in [0, 0.05) is 13.2 Å². The van der Waals surface area contributed by atoms with Gasteiger partial charge in [0.2, 0.25) is 5.75 Å². The van der Waals surface area contributed by atoms with Gasteiger partial charge in [0.25, 0.3) is 0 Å². The largest absolute Gasteiger partial charge is 0.493 e. The maximum Gasteiger partial charge on any atom is 0.339 e. The second-order valence-electron chi connectivity index (χ2n) is 6.11. The number of methoxy groups -OCH3 is 3. The van der Waals surface area contributed by atoms with Gasteiger partial charge in [-0.2, -0.15) is 0 Å². The molecule has 0 atom stereocenters. The monoisotopic (exact) mass is 390 g/mol. The molecule has 0 aliphatic heterocycles. The first kappa shape index (κ1) is 21.4. The Morgan fingerprint density at radius 1 is 0.964 bits per heavy atom. The zero-order valence-electron chi connectivity index (χ0n) is 16.8. The molecule has 0 radical (unpaired) electrons. The maximum atomic E-state index is 11.7. The molecule has 7 nitrogen and oxygen atoms in total. The SMILES string of the molecule is COCCOc1c(OC)cc(/C=C/c2cc(OC(C)C)cc(=O)o2)cc1OC. The fraction of sp³-hybridized carbons (Fsp3) is 0.381. The molecule has 0 saturated heterocycles. The average Bonchev–Trinajstić information content (AvgIpc) is 2.65. The van der Waals surface area contributed by atoms with E-state index in [-0.39, 0.29) is 6.10 Å². The van der Waals surface area contributed by atoms with Crippen LogP contribution in [0.4, 0.5) is 0 Å². The summed E-state index contributed by atoms with van der Waals surface area (Å²) in [5, 5.41) is 0. The van der Waals surface area contributed by atoms with Crippen LogP contribution in [0.2, 0.25) is 0 Å². The van der Waals surface area contributed by atoms with Gasteiger partial charge in [-0.05, 0) is 37.6 Å². The van der Waals surface area contributed by atoms with E-state index in [9.17, 15) is 4.79 Å². The summed E-state index contributed by atoms with van der Waals surface area (Å²) in [5.41, 5.74) is 0.306. The molecule has 28 heavy (non-hydrogen) atoms. The van der Waals surface area contributed by atoms with Gasteiger partial charge in [-0.25, -0.2) is 4.79 Å². The van der Waals surface area contributed by atoms with Crippen molar-refractivity contribution in [2.75, 3.05) is 34.5 Å². The minimum Gasteiger partial charge on any atom is -0.493 e. The normalized spacial score (nSPS) is 11.1. The van der Waals surface area contributed by atoms with Crippen molar-refractivity contribution < 1.29 is 28.1 Å². The van der Waals surface area contributed by atoms with E-state index in [4.69, 9.17) is 28.1 Å². The van der Waals surface area contributed by atoms with E-state index in [1.165, 1.54) is 6.07 Å². The highest BCUT2D eigenvalue weighted by molar-refractivity contribution is 5.71. The van der Waals surface area contributed by atoms with Crippen LogP contribution in [-0.4, -0.2) is 40.6 Å². The van der Waals surface area contributed by atoms with Crippen molar-refractivity contribution in [2.45, 2.75) is 20.0 Å². The molecule has 0 N–H and O–H groups in total. The van der Waals surface area contributed by atoms with Gasteiger partial charge in [0.1, 0.15) is 18.1 Å². The van der Waals surface area contributed by atoms with Crippen molar-refractivity contribution in [1.29, 1.82) is 0 Å². The molecule has 7 heteroatoms. The van der Waals surface area contributed by atoms with Crippen molar-refractivity contribution >= 4 is 12.2 Å². The summed E-state index contributed by atoms with van der Waals surface area (Å²) < 4.78 is 32.3. The minimum atomic E-state index is -0.477. The zero-order valence-corrected chi connectivity index (χ0v) is 16.8. The zero-order chi connectivity index (χ0) is 20.5. The van der Waals surface area contributed by atoms with Crippen molar-refractivity contribution in [3.8, 4) is 23.0 Å². The van der Waals surface area contributed by atoms with Crippen LogP contribution >= 0.6 is 0 Å². The van der Waals surface area contributed by atoms with Gasteiger partial charge in [-0.1, -0.05) is 6.08 Å². The molecular formula is C21H26O7. The molecule has 0 fully saturated rings. The highest BCUT2D eigenvalue weighted by Crippen LogP contribution is 2.39. The summed E-state index contributed by atoms with van der Waals surface area (Å²) >= 11 is 0. The van der Waals surface area contributed by atoms with E-state index in [0.717, 1.165) is 5.56 Å². The first-order valence-electron chi connectivity index (χ1n) is 8.84. The number of hydrogen-bond donors (Lipinski definition) is 0. The molecule has 0 saturated carbocycles. The predicted molar refractivity (Wildman–Crippen MR) is 107 cm³/mol. The first-order valence-corrected chi connectivity index (χ1v) is 8.84. The molecule has 0 spiro atoms. The molecular weight excluding hydrogens is 364 g/mol. The number of rotatable bonds is 10. The van der Waals surface area contributed by atoms with E-state index >= 15 is 0 Å². The van der Waals surface area contributed by atoms with Crippen LogP contribution in [0.15, 0.2) is 33.5 Å². The second-order valence-corrected chi connectivity index (χ2v) is 6.11. The Bertz CT molecular complexity index is 827. The maximum absolute atomic E-state index is 11.7. The molecule has 0 amide bonds. The van der Waals surface area contributed by atoms with Crippen molar-refractivity contribution in [1.82, 2.24) is 0 Å². The molecule has 1 heterocycles. The fourth-order valence-corrected chi connectivity index (χ4v) is 2.44. The van der Waals surface area contributed by atoms with Crippen molar-refractivity contribution in [3.05, 3.63) is 46.0 Å². The Kier molecular flexibility index (Phi) is 7.95. The van der Waals surface area contributed by atoms with Gasteiger partial charge in [-0.3, -0.25) is 0 Å². The van der Waals surface area contributed by atoms with Crippen LogP contribution in [0, 0.1) is 0 Å². The molecule has 0 aliphatic carbocycles. The lowest BCUT2D eigenvalue weighted by atomic mass is 10.1. The number of hydrogen-bond acceptors (Lipinski definition) is 7. The molecule has 0 unspecified atom stereocenters. The lowest BCUT2D eigenvalue weighted by molar-refractivity contribution is 0.142. The van der Waals surface area contributed by atoms with Crippen LogP contribution < -0.4 is 24.6 Å². The first-order chi connectivity index (χ1) is 13.5. The Labute approximate surface area is 164 Å². The number of ether oxygens (including phenoxy) is 5. The van der Waals surface area contributed by atoms with Crippen LogP contribution in [0.25, 0.3) is 12.2 Å². The molecule has 1 aromatic carbocycles. The smallest absolute Gasteiger partial charge is 0.339 e. The average molecular weight is 390 g/mol. The Hall–Kier alpha value is -2.93. The second kappa shape index (κ2) is 10.4. The van der Waals surface area contributed by atoms with Crippen molar-refractivity contribution in [3.63, 3.8) is 0 Å². The summed E-state index contributed by atoms with van der Waals surface area (Å²) in [6, 6.07) is 6.58. The molecule has 152 valence electrons. The van der Waals surface area contributed by atoms with Gasteiger partial charge in [-0.15, -0.1) is 0 Å². The Balaban J connectivity index is 2.30. The standard InChI is InChI=1S/C21H26O7/c1-14(2)27-17-12-16(28-20(22)13-17)7-6-15-10-18(24-4)21(19(11-15)25-5)26-9-8-23-3/h6-7,10-14H,8-9H2,1-5H3/b7-6+. The molecule has 0 aliphatic rings. The van der Waals surface area contributed by atoms with Crippen LogP contribution in [-0.2, 0) is 4.74 Å². The molecule has 2 rings (SSSR count). The van der Waals surface area contributed by atoms with Crippen LogP contribution in [0.1, 0.15) is 25.2 Å². The summed E-state index contributed by atoms with van der Waals surface area (Å²) in [6.45, 7) is 4.59. The lowest BCUT2D eigenvalue weighted by Gasteiger charge is -2.15. The summed E-state index contributed by atoms with van der Waals surface area (Å²) in [6.07, 6.45) is 3.41.